The normalized spacial score (nSPS) is 35.0. The van der Waals surface area contributed by atoms with E-state index in [4.69, 9.17) is 0 Å². The number of aliphatic hydroxyl groups excluding tert-OH is 1. The van der Waals surface area contributed by atoms with E-state index in [9.17, 15) is 23.6 Å². The van der Waals surface area contributed by atoms with Crippen molar-refractivity contribution in [1.29, 1.82) is 5.26 Å². The van der Waals surface area contributed by atoms with Crippen LogP contribution in [-0.4, -0.2) is 48.0 Å². The van der Waals surface area contributed by atoms with Gasteiger partial charge in [0.15, 0.2) is 0 Å². The highest BCUT2D eigenvalue weighted by Gasteiger charge is 2.61. The van der Waals surface area contributed by atoms with Gasteiger partial charge in [-0.15, -0.1) is 0 Å². The van der Waals surface area contributed by atoms with Gasteiger partial charge in [-0.3, -0.25) is 4.79 Å². The average molecular weight is 416 g/mol. The topological polar surface area (TPSA) is 110 Å². The van der Waals surface area contributed by atoms with Crippen LogP contribution in [0.1, 0.15) is 48.9 Å². The van der Waals surface area contributed by atoms with Gasteiger partial charge >= 0.3 is 0 Å². The zero-order valence-electron chi connectivity index (χ0n) is 16.1. The number of carbonyl (C=O) groups excluding carboxylic acids is 1. The number of nitriles is 1. The summed E-state index contributed by atoms with van der Waals surface area (Å²) in [4.78, 5) is 12.8. The van der Waals surface area contributed by atoms with Crippen molar-refractivity contribution < 1.29 is 18.3 Å². The Hall–Kier alpha value is -1.95. The minimum Gasteiger partial charge on any atom is -0.391 e. The van der Waals surface area contributed by atoms with Crippen molar-refractivity contribution in [2.24, 2.45) is 17.8 Å². The molecule has 154 valence electrons. The Morgan fingerprint density at radius 2 is 2.00 bits per heavy atom. The Bertz CT molecular complexity index is 993. The highest BCUT2D eigenvalue weighted by molar-refractivity contribution is 7.89. The number of nitrogens with one attached hydrogen (secondary N) is 1. The molecule has 2 N–H and O–H groups in total. The third kappa shape index (κ3) is 2.82. The summed E-state index contributed by atoms with van der Waals surface area (Å²) in [5.41, 5.74) is -0.622. The fourth-order valence-electron chi connectivity index (χ4n) is 6.10. The maximum atomic E-state index is 13.4. The van der Waals surface area contributed by atoms with Crippen LogP contribution >= 0.6 is 0 Å². The molecular weight excluding hydrogens is 390 g/mol. The van der Waals surface area contributed by atoms with Gasteiger partial charge in [-0.2, -0.15) is 9.57 Å². The van der Waals surface area contributed by atoms with Crippen molar-refractivity contribution in [3.05, 3.63) is 29.8 Å². The standard InChI is InChI=1S/C21H25N3O4S/c22-12-21(6-1-2-7-21)23-20(26)13-4-3-5-16(9-13)29(27,28)24-11-15-8-14-10-17(15)18(24)19(14)25/h3-5,9,14-15,17-19,25H,1-2,6-8,10-11H2,(H,23,26)/t14-,15-,17+,18+,19+/m0/s1. The number of benzene rings is 1. The molecule has 0 radical (unpaired) electrons. The molecule has 1 amide bonds. The van der Waals surface area contributed by atoms with E-state index >= 15 is 0 Å². The van der Waals surface area contributed by atoms with Crippen LogP contribution in [0.25, 0.3) is 0 Å². The summed E-state index contributed by atoms with van der Waals surface area (Å²) in [6.45, 7) is 0.444. The molecule has 8 heteroatoms. The lowest BCUT2D eigenvalue weighted by molar-refractivity contribution is 0.0731. The maximum absolute atomic E-state index is 13.4. The van der Waals surface area contributed by atoms with E-state index in [1.165, 1.54) is 16.4 Å². The Morgan fingerprint density at radius 1 is 1.24 bits per heavy atom. The van der Waals surface area contributed by atoms with Crippen LogP contribution in [-0.2, 0) is 10.0 Å². The predicted molar refractivity (Wildman–Crippen MR) is 104 cm³/mol. The Morgan fingerprint density at radius 3 is 2.69 bits per heavy atom. The molecule has 0 spiro atoms. The summed E-state index contributed by atoms with van der Waals surface area (Å²) in [5.74, 6) is 0.357. The number of hydrogen-bond acceptors (Lipinski definition) is 5. The van der Waals surface area contributed by atoms with E-state index in [2.05, 4.69) is 11.4 Å². The molecular formula is C21H25N3O4S. The number of nitrogens with zero attached hydrogens (tertiary/aromatic N) is 2. The molecule has 4 aliphatic rings. The molecule has 1 heterocycles. The maximum Gasteiger partial charge on any atom is 0.252 e. The van der Waals surface area contributed by atoms with E-state index in [-0.39, 0.29) is 28.3 Å². The molecule has 1 aromatic rings. The van der Waals surface area contributed by atoms with E-state index < -0.39 is 27.6 Å². The minimum absolute atomic E-state index is 0.0690. The lowest BCUT2D eigenvalue weighted by Crippen LogP contribution is -2.45. The second-order valence-corrected chi connectivity index (χ2v) is 11.0. The van der Waals surface area contributed by atoms with Crippen LogP contribution in [0.15, 0.2) is 29.2 Å². The van der Waals surface area contributed by atoms with Crippen molar-refractivity contribution in [2.45, 2.75) is 61.1 Å². The number of fused-ring (bicyclic) bond motifs is 1. The number of hydrogen-bond donors (Lipinski definition) is 2. The summed E-state index contributed by atoms with van der Waals surface area (Å²) in [5, 5.41) is 22.8. The lowest BCUT2D eigenvalue weighted by Gasteiger charge is -2.28. The van der Waals surface area contributed by atoms with Gasteiger partial charge in [0.2, 0.25) is 10.0 Å². The van der Waals surface area contributed by atoms with Crippen LogP contribution in [0.2, 0.25) is 0 Å². The fraction of sp³-hybridized carbons (Fsp3) is 0.619. The number of sulfonamides is 1. The average Bonchev–Trinajstić information content (AvgIpc) is 3.45. The number of carbonyl (C=O) groups is 1. The molecule has 5 atom stereocenters. The van der Waals surface area contributed by atoms with E-state index in [1.807, 2.05) is 0 Å². The third-order valence-electron chi connectivity index (χ3n) is 7.53. The van der Waals surface area contributed by atoms with Gasteiger partial charge < -0.3 is 10.4 Å². The van der Waals surface area contributed by atoms with Gasteiger partial charge in [0, 0.05) is 12.1 Å². The first-order valence-electron chi connectivity index (χ1n) is 10.4. The van der Waals surface area contributed by atoms with Gasteiger partial charge in [0.25, 0.3) is 5.91 Å². The molecule has 7 nitrogen and oxygen atoms in total. The molecule has 1 saturated heterocycles. The molecule has 1 aromatic carbocycles. The molecule has 3 saturated carbocycles. The molecule has 1 aliphatic heterocycles. The first-order chi connectivity index (χ1) is 13.8. The van der Waals surface area contributed by atoms with Gasteiger partial charge in [-0.25, -0.2) is 8.42 Å². The van der Waals surface area contributed by atoms with Crippen molar-refractivity contribution in [2.75, 3.05) is 6.54 Å². The van der Waals surface area contributed by atoms with Crippen LogP contribution in [0.3, 0.4) is 0 Å². The first-order valence-corrected chi connectivity index (χ1v) is 11.8. The zero-order chi connectivity index (χ0) is 20.4. The van der Waals surface area contributed by atoms with Crippen molar-refractivity contribution in [1.82, 2.24) is 9.62 Å². The quantitative estimate of drug-likeness (QED) is 0.777. The molecule has 5 rings (SSSR count). The van der Waals surface area contributed by atoms with Crippen molar-refractivity contribution in [3.8, 4) is 6.07 Å². The molecule has 0 unspecified atom stereocenters. The van der Waals surface area contributed by atoms with E-state index in [1.54, 1.807) is 12.1 Å². The molecule has 3 aliphatic carbocycles. The van der Waals surface area contributed by atoms with Gasteiger partial charge in [-0.05, 0) is 74.5 Å². The minimum atomic E-state index is -3.81. The second-order valence-electron chi connectivity index (χ2n) is 9.09. The third-order valence-corrected chi connectivity index (χ3v) is 9.39. The van der Waals surface area contributed by atoms with Gasteiger partial charge in [0.1, 0.15) is 5.54 Å². The van der Waals surface area contributed by atoms with Crippen molar-refractivity contribution >= 4 is 15.9 Å². The summed E-state index contributed by atoms with van der Waals surface area (Å²) in [7, 11) is -3.81. The predicted octanol–water partition coefficient (Wildman–Crippen LogP) is 1.64. The Labute approximate surface area is 170 Å². The summed E-state index contributed by atoms with van der Waals surface area (Å²) >= 11 is 0. The first kappa shape index (κ1) is 19.0. The largest absolute Gasteiger partial charge is 0.391 e. The molecule has 4 fully saturated rings. The van der Waals surface area contributed by atoms with Crippen LogP contribution in [0.5, 0.6) is 0 Å². The van der Waals surface area contributed by atoms with Crippen LogP contribution in [0, 0.1) is 29.1 Å². The van der Waals surface area contributed by atoms with Crippen LogP contribution in [0.4, 0.5) is 0 Å². The van der Waals surface area contributed by atoms with E-state index in [0.717, 1.165) is 25.7 Å². The number of aliphatic hydroxyl groups is 1. The summed E-state index contributed by atoms with van der Waals surface area (Å²) < 4.78 is 28.2. The highest BCUT2D eigenvalue weighted by Crippen LogP contribution is 2.56. The highest BCUT2D eigenvalue weighted by atomic mass is 32.2. The monoisotopic (exact) mass is 415 g/mol. The SMILES string of the molecule is N#CC1(NC(=O)c2cccc(S(=O)(=O)N3C[C@@H]4C[C@H]5C[C@H]4[C@@H]3[C@@H]5O)c2)CCCC1. The van der Waals surface area contributed by atoms with E-state index in [0.29, 0.717) is 25.3 Å². The van der Waals surface area contributed by atoms with Crippen LogP contribution < -0.4 is 5.32 Å². The number of amides is 1. The number of rotatable bonds is 4. The summed E-state index contributed by atoms with van der Waals surface area (Å²) in [6, 6.07) is 7.90. The Balaban J connectivity index is 1.41. The lowest BCUT2D eigenvalue weighted by atomic mass is 9.88. The van der Waals surface area contributed by atoms with Gasteiger partial charge in [-0.1, -0.05) is 6.07 Å². The summed E-state index contributed by atoms with van der Waals surface area (Å²) in [6.07, 6.45) is 4.22. The molecule has 0 aromatic heterocycles. The zero-order valence-corrected chi connectivity index (χ0v) is 16.9. The Kier molecular flexibility index (Phi) is 4.28. The van der Waals surface area contributed by atoms with Gasteiger partial charge in [0.05, 0.1) is 23.1 Å². The molecule has 29 heavy (non-hydrogen) atoms. The second kappa shape index (κ2) is 6.53. The molecule has 2 bridgehead atoms. The fourth-order valence-corrected chi connectivity index (χ4v) is 7.89. The smallest absolute Gasteiger partial charge is 0.252 e. The van der Waals surface area contributed by atoms with Crippen molar-refractivity contribution in [3.63, 3.8) is 0 Å².